The lowest BCUT2D eigenvalue weighted by molar-refractivity contribution is -0.294. The molecule has 0 saturated heterocycles. The second kappa shape index (κ2) is 13.5. The summed E-state index contributed by atoms with van der Waals surface area (Å²) < 4.78 is 28.6. The molecule has 1 heterocycles. The van der Waals surface area contributed by atoms with E-state index >= 15 is 0 Å². The first kappa shape index (κ1) is 34.8. The number of carbonyl (C=O) groups is 5. The van der Waals surface area contributed by atoms with E-state index in [1.807, 2.05) is 20.8 Å². The molecule has 0 aromatic carbocycles. The predicted octanol–water partition coefficient (Wildman–Crippen LogP) is 3.66. The van der Waals surface area contributed by atoms with Crippen LogP contribution in [0.15, 0.2) is 11.6 Å². The third-order valence-corrected chi connectivity index (χ3v) is 10.4. The van der Waals surface area contributed by atoms with Gasteiger partial charge in [0.25, 0.3) is 0 Å². The Morgan fingerprint density at radius 3 is 2.33 bits per heavy atom. The molecule has 0 radical (unpaired) electrons. The number of ether oxygens (including phenoxy) is 5. The normalized spacial score (nSPS) is 35.0. The lowest BCUT2D eigenvalue weighted by atomic mass is 9.41. The lowest BCUT2D eigenvalue weighted by Crippen LogP contribution is -2.74. The number of hydrogen-bond donors (Lipinski definition) is 1. The summed E-state index contributed by atoms with van der Waals surface area (Å²) in [6, 6.07) is 0. The Bertz CT molecular complexity index is 1140. The summed E-state index contributed by atoms with van der Waals surface area (Å²) in [5.41, 5.74) is -3.66. The van der Waals surface area contributed by atoms with Crippen LogP contribution in [0.3, 0.4) is 0 Å². The molecule has 43 heavy (non-hydrogen) atoms. The molecular weight excluding hydrogens is 584 g/mol. The Balaban J connectivity index is 2.30. The molecule has 12 heteroatoms. The number of alkyl halides is 1. The predicted molar refractivity (Wildman–Crippen MR) is 153 cm³/mol. The molecule has 242 valence electrons. The lowest BCUT2D eigenvalue weighted by Gasteiger charge is -2.67. The quantitative estimate of drug-likeness (QED) is 0.203. The van der Waals surface area contributed by atoms with Crippen molar-refractivity contribution < 1.29 is 52.8 Å². The van der Waals surface area contributed by atoms with Crippen LogP contribution in [0.2, 0.25) is 0 Å². The minimum absolute atomic E-state index is 0.0569. The van der Waals surface area contributed by atoms with Crippen molar-refractivity contribution in [3.63, 3.8) is 0 Å². The van der Waals surface area contributed by atoms with Gasteiger partial charge >= 0.3 is 29.8 Å². The van der Waals surface area contributed by atoms with Gasteiger partial charge in [-0.1, -0.05) is 27.7 Å². The minimum atomic E-state index is -1.71. The van der Waals surface area contributed by atoms with E-state index in [0.29, 0.717) is 12.0 Å². The fraction of sp³-hybridized carbons (Fsp3) is 0.774. The zero-order valence-corrected chi connectivity index (χ0v) is 26.9. The molecule has 1 N–H and O–H groups in total. The van der Waals surface area contributed by atoms with Crippen molar-refractivity contribution in [2.45, 2.75) is 104 Å². The number of hydrogen-bond acceptors (Lipinski definition) is 11. The van der Waals surface area contributed by atoms with Gasteiger partial charge in [0.05, 0.1) is 22.8 Å². The highest BCUT2D eigenvalue weighted by Crippen LogP contribution is 2.66. The molecule has 0 unspecified atom stereocenters. The highest BCUT2D eigenvalue weighted by molar-refractivity contribution is 6.18. The maximum Gasteiger partial charge on any atom is 0.331 e. The van der Waals surface area contributed by atoms with Crippen LogP contribution in [-0.4, -0.2) is 78.0 Å². The molecule has 0 spiro atoms. The number of carbonyl (C=O) groups excluding carboxylic acids is 5. The zero-order chi connectivity index (χ0) is 32.3. The molecular formula is C31H45ClO11. The largest absolute Gasteiger partial charge is 0.465 e. The molecule has 2 aliphatic carbocycles. The molecule has 3 rings (SSSR count). The number of cyclic esters (lactones) is 1. The number of halogens is 1. The summed E-state index contributed by atoms with van der Waals surface area (Å²) in [5, 5.41) is 12.4. The van der Waals surface area contributed by atoms with E-state index in [2.05, 4.69) is 0 Å². The van der Waals surface area contributed by atoms with Crippen LogP contribution in [0.1, 0.15) is 80.6 Å². The van der Waals surface area contributed by atoms with Gasteiger partial charge in [-0.05, 0) is 43.4 Å². The van der Waals surface area contributed by atoms with Crippen LogP contribution in [0, 0.1) is 28.6 Å². The van der Waals surface area contributed by atoms with E-state index < -0.39 is 76.4 Å². The average molecular weight is 629 g/mol. The number of fused-ring (bicyclic) bond motifs is 1. The first-order chi connectivity index (χ1) is 20.0. The molecule has 3 aliphatic rings. The minimum Gasteiger partial charge on any atom is -0.465 e. The second-order valence-corrected chi connectivity index (χ2v) is 12.9. The van der Waals surface area contributed by atoms with Gasteiger partial charge in [0.15, 0.2) is 0 Å². The topological polar surface area (TPSA) is 152 Å². The molecule has 1 aliphatic heterocycles. The van der Waals surface area contributed by atoms with Crippen molar-refractivity contribution in [3.05, 3.63) is 11.6 Å². The van der Waals surface area contributed by atoms with Crippen LogP contribution >= 0.6 is 11.6 Å². The van der Waals surface area contributed by atoms with Crippen molar-refractivity contribution >= 4 is 41.4 Å². The van der Waals surface area contributed by atoms with Crippen molar-refractivity contribution in [2.75, 3.05) is 19.1 Å². The number of aliphatic hydroxyl groups is 1. The van der Waals surface area contributed by atoms with Crippen molar-refractivity contribution in [1.29, 1.82) is 0 Å². The third kappa shape index (κ3) is 6.87. The van der Waals surface area contributed by atoms with Crippen LogP contribution in [0.5, 0.6) is 0 Å². The van der Waals surface area contributed by atoms with E-state index in [4.69, 9.17) is 35.3 Å². The Morgan fingerprint density at radius 1 is 1.14 bits per heavy atom. The first-order valence-electron chi connectivity index (χ1n) is 14.9. The second-order valence-electron chi connectivity index (χ2n) is 12.7. The maximum atomic E-state index is 13.3. The fourth-order valence-corrected chi connectivity index (χ4v) is 7.80. The summed E-state index contributed by atoms with van der Waals surface area (Å²) >= 11 is 6.53. The Kier molecular flexibility index (Phi) is 11.0. The van der Waals surface area contributed by atoms with Crippen LogP contribution in [-0.2, 0) is 47.7 Å². The van der Waals surface area contributed by atoms with Gasteiger partial charge in [0.1, 0.15) is 31.5 Å². The maximum absolute atomic E-state index is 13.3. The van der Waals surface area contributed by atoms with Crippen molar-refractivity contribution in [2.24, 2.45) is 28.6 Å². The van der Waals surface area contributed by atoms with Crippen molar-refractivity contribution in [3.8, 4) is 0 Å². The summed E-state index contributed by atoms with van der Waals surface area (Å²) in [6.07, 6.45) is -0.120. The Hall–Kier alpha value is -2.66. The molecule has 11 nitrogen and oxygen atoms in total. The zero-order valence-electron chi connectivity index (χ0n) is 26.1. The van der Waals surface area contributed by atoms with Crippen LogP contribution in [0.4, 0.5) is 0 Å². The first-order valence-corrected chi connectivity index (χ1v) is 15.4. The molecule has 0 amide bonds. The molecule has 2 fully saturated rings. The van der Waals surface area contributed by atoms with Gasteiger partial charge in [0, 0.05) is 38.3 Å². The molecule has 2 saturated carbocycles. The van der Waals surface area contributed by atoms with Gasteiger partial charge in [-0.2, -0.15) is 0 Å². The Morgan fingerprint density at radius 2 is 1.81 bits per heavy atom. The van der Waals surface area contributed by atoms with Crippen LogP contribution in [0.25, 0.3) is 0 Å². The van der Waals surface area contributed by atoms with E-state index in [-0.39, 0.29) is 50.7 Å². The summed E-state index contributed by atoms with van der Waals surface area (Å²) in [5.74, 6) is -4.51. The standard InChI is InChI=1S/C31H45ClO11/c1-8-17(2)28(37)43-23-9-10-30(38,15-32)31(16-40-19(4)33)25(42-21(6)35)11-18(3)29(7,27(23)31)13-24(41-20(5)34)22-12-26(36)39-14-22/h12,17-18,23-25,27,38H,8-11,13-16H2,1-7H3/t17-,18+,23+,24-,25-,27+,29-,30-,31+/m0/s1. The number of esters is 5. The van der Waals surface area contributed by atoms with Crippen LogP contribution < -0.4 is 0 Å². The van der Waals surface area contributed by atoms with Gasteiger partial charge in [0.2, 0.25) is 0 Å². The third-order valence-electron chi connectivity index (χ3n) is 9.97. The highest BCUT2D eigenvalue weighted by Gasteiger charge is 2.73. The molecule has 0 aromatic rings. The van der Waals surface area contributed by atoms with Gasteiger partial charge < -0.3 is 28.8 Å². The summed E-state index contributed by atoms with van der Waals surface area (Å²) in [4.78, 5) is 62.3. The van der Waals surface area contributed by atoms with Gasteiger partial charge in [-0.15, -0.1) is 11.6 Å². The fourth-order valence-electron chi connectivity index (χ4n) is 7.42. The van der Waals surface area contributed by atoms with E-state index in [1.165, 1.54) is 26.8 Å². The molecule has 0 aromatic heterocycles. The highest BCUT2D eigenvalue weighted by atomic mass is 35.5. The summed E-state index contributed by atoms with van der Waals surface area (Å²) in [6.45, 7) is 10.9. The monoisotopic (exact) mass is 628 g/mol. The van der Waals surface area contributed by atoms with E-state index in [0.717, 1.165) is 0 Å². The van der Waals surface area contributed by atoms with Crippen molar-refractivity contribution in [1.82, 2.24) is 0 Å². The SMILES string of the molecule is CC[C@H](C)C(=O)O[C@@H]1CC[C@](O)(CCl)[C@]2(COC(C)=O)[C@@H](OC(C)=O)C[C@@H](C)[C@](C)(C[C@H](OC(C)=O)C3=CC(=O)OC3)[C@@H]12. The summed E-state index contributed by atoms with van der Waals surface area (Å²) in [7, 11) is 0. The van der Waals surface area contributed by atoms with E-state index in [1.54, 1.807) is 6.92 Å². The van der Waals surface area contributed by atoms with E-state index in [9.17, 15) is 29.1 Å². The van der Waals surface area contributed by atoms with Gasteiger partial charge in [-0.25, -0.2) is 4.79 Å². The molecule has 9 atom stereocenters. The smallest absolute Gasteiger partial charge is 0.331 e. The molecule has 0 bridgehead atoms. The number of rotatable bonds is 11. The van der Waals surface area contributed by atoms with Gasteiger partial charge in [-0.3, -0.25) is 19.2 Å². The Labute approximate surface area is 257 Å². The average Bonchev–Trinajstić information content (AvgIpc) is 3.36.